The topological polar surface area (TPSA) is 118 Å². The van der Waals surface area contributed by atoms with Gasteiger partial charge in [0.25, 0.3) is 0 Å². The van der Waals surface area contributed by atoms with E-state index >= 15 is 0 Å². The van der Waals surface area contributed by atoms with Crippen molar-refractivity contribution in [2.24, 2.45) is 5.92 Å². The number of thiol groups is 1. The van der Waals surface area contributed by atoms with Crippen LogP contribution in [0.4, 0.5) is 5.95 Å². The Kier molecular flexibility index (Phi) is 5.09. The Balaban J connectivity index is 1.37. The van der Waals surface area contributed by atoms with Gasteiger partial charge in [-0.25, -0.2) is 12.9 Å². The molecule has 5 rings (SSSR count). The van der Waals surface area contributed by atoms with E-state index in [2.05, 4.69) is 32.4 Å². The maximum atomic E-state index is 11.7. The number of likely N-dealkylation sites (tertiary alicyclic amines) is 1. The summed E-state index contributed by atoms with van der Waals surface area (Å²) in [4.78, 5) is 6.26. The molecule has 11 heteroatoms. The molecule has 4 heterocycles. The molecule has 0 amide bonds. The Bertz CT molecular complexity index is 1150. The molecule has 1 saturated carbocycles. The maximum Gasteiger partial charge on any atom is 0.243 e. The van der Waals surface area contributed by atoms with Crippen LogP contribution in [0, 0.1) is 5.92 Å². The first-order valence-corrected chi connectivity index (χ1v) is 11.9. The predicted octanol–water partition coefficient (Wildman–Crippen LogP) is 1.74. The van der Waals surface area contributed by atoms with Crippen LogP contribution in [-0.4, -0.2) is 68.7 Å². The van der Waals surface area contributed by atoms with Crippen LogP contribution >= 0.6 is 0 Å². The monoisotopic (exact) mass is 445 g/mol. The van der Waals surface area contributed by atoms with E-state index in [0.717, 1.165) is 43.5 Å². The third kappa shape index (κ3) is 3.55. The maximum absolute atomic E-state index is 11.7. The van der Waals surface area contributed by atoms with Crippen molar-refractivity contribution in [3.8, 4) is 16.9 Å². The summed E-state index contributed by atoms with van der Waals surface area (Å²) in [5.74, 6) is 1.50. The zero-order valence-corrected chi connectivity index (χ0v) is 18.5. The summed E-state index contributed by atoms with van der Waals surface area (Å²) in [6, 6.07) is 2.12. The van der Waals surface area contributed by atoms with Crippen molar-refractivity contribution in [3.05, 3.63) is 24.7 Å². The fraction of sp³-hybridized carbons (Fsp3) is 0.550. The largest absolute Gasteiger partial charge is 0.489 e. The molecule has 31 heavy (non-hydrogen) atoms. The number of aromatic amines is 1. The van der Waals surface area contributed by atoms with Gasteiger partial charge < -0.3 is 10.1 Å². The quantitative estimate of drug-likeness (QED) is 0.471. The number of hydrogen-bond donors (Lipinski definition) is 3. The molecule has 0 bridgehead atoms. The molecule has 3 aromatic heterocycles. The molecule has 166 valence electrons. The molecule has 2 N–H and O–H groups in total. The summed E-state index contributed by atoms with van der Waals surface area (Å²) in [6.45, 7) is 6.11. The number of pyridine rings is 1. The summed E-state index contributed by atoms with van der Waals surface area (Å²) in [5, 5.41) is 14.9. The van der Waals surface area contributed by atoms with Crippen molar-refractivity contribution in [1.29, 1.82) is 0 Å². The van der Waals surface area contributed by atoms with Gasteiger partial charge in [-0.2, -0.15) is 10.1 Å². The van der Waals surface area contributed by atoms with E-state index in [4.69, 9.17) is 9.72 Å². The van der Waals surface area contributed by atoms with E-state index in [1.54, 1.807) is 10.7 Å². The highest BCUT2D eigenvalue weighted by atomic mass is 32.2. The second-order valence-corrected chi connectivity index (χ2v) is 9.73. The van der Waals surface area contributed by atoms with Crippen molar-refractivity contribution >= 4 is 22.3 Å². The second kappa shape index (κ2) is 7.79. The molecule has 1 saturated heterocycles. The number of anilines is 1. The average Bonchev–Trinajstić information content (AvgIpc) is 3.19. The number of nitrogens with zero attached hydrogens (tertiary/aromatic N) is 5. The average molecular weight is 446 g/mol. The highest BCUT2D eigenvalue weighted by molar-refractivity contribution is 7.74. The fourth-order valence-corrected chi connectivity index (χ4v) is 5.42. The Morgan fingerprint density at radius 1 is 1.39 bits per heavy atom. The minimum Gasteiger partial charge on any atom is -0.489 e. The minimum atomic E-state index is -2.42. The first kappa shape index (κ1) is 20.3. The molecular weight excluding hydrogens is 418 g/mol. The number of fused-ring (bicyclic) bond motifs is 1. The number of hydrogen-bond acceptors (Lipinski definition) is 8. The van der Waals surface area contributed by atoms with Crippen LogP contribution in [0.15, 0.2) is 24.7 Å². The van der Waals surface area contributed by atoms with Gasteiger partial charge in [-0.1, -0.05) is 6.92 Å². The lowest BCUT2D eigenvalue weighted by Gasteiger charge is -2.39. The van der Waals surface area contributed by atoms with Crippen molar-refractivity contribution in [3.63, 3.8) is 0 Å². The minimum absolute atomic E-state index is 0.179. The summed E-state index contributed by atoms with van der Waals surface area (Å²) in [5.41, 5.74) is 2.48. The highest BCUT2D eigenvalue weighted by Gasteiger charge is 2.53. The third-order valence-electron chi connectivity index (χ3n) is 6.40. The Morgan fingerprint density at radius 3 is 2.87 bits per heavy atom. The first-order chi connectivity index (χ1) is 15.0. The molecule has 0 unspecified atom stereocenters. The smallest absolute Gasteiger partial charge is 0.243 e. The number of aromatic nitrogens is 5. The van der Waals surface area contributed by atoms with Gasteiger partial charge in [0.05, 0.1) is 12.8 Å². The molecule has 0 spiro atoms. The van der Waals surface area contributed by atoms with Gasteiger partial charge in [-0.05, 0) is 38.2 Å². The zero-order valence-electron chi connectivity index (χ0n) is 17.6. The van der Waals surface area contributed by atoms with Crippen molar-refractivity contribution in [2.45, 2.75) is 44.0 Å². The highest BCUT2D eigenvalue weighted by Crippen LogP contribution is 2.44. The van der Waals surface area contributed by atoms with Crippen LogP contribution in [0.2, 0.25) is 0 Å². The Morgan fingerprint density at radius 2 is 2.23 bits per heavy atom. The number of H-pyrrole nitrogens is 1. The standard InChI is InChI=1S/C20H27N7O3S/c1-3-30-17-15(14-10-21-22-11-14)4-9-27-18(17)24-19(25-27)23-16-5-8-26(12-13(16)2)20(6-7-20)31(28)29/h4,9-11,13,16,31H,3,5-8,12H2,1-2H3,(H,21,22)(H,23,25)/t13-,16+/m1/s1. The zero-order chi connectivity index (χ0) is 21.6. The fourth-order valence-electron chi connectivity index (χ4n) is 4.53. The van der Waals surface area contributed by atoms with E-state index in [0.29, 0.717) is 24.0 Å². The van der Waals surface area contributed by atoms with Crippen LogP contribution in [0.1, 0.15) is 33.1 Å². The number of piperidine rings is 1. The van der Waals surface area contributed by atoms with Gasteiger partial charge in [0.1, 0.15) is 4.87 Å². The molecule has 2 fully saturated rings. The van der Waals surface area contributed by atoms with E-state index in [1.807, 2.05) is 25.4 Å². The SMILES string of the molecule is CCOc1c(-c2cn[nH]c2)ccn2nc(N[C@H]3CCN(C4([SH](=O)=O)CC4)C[C@H]3C)nc12. The van der Waals surface area contributed by atoms with Crippen LogP contribution in [0.5, 0.6) is 5.75 Å². The molecular formula is C20H27N7O3S. The normalized spacial score (nSPS) is 23.3. The summed E-state index contributed by atoms with van der Waals surface area (Å²) in [7, 11) is -2.42. The Labute approximate surface area is 181 Å². The van der Waals surface area contributed by atoms with E-state index in [9.17, 15) is 8.42 Å². The molecule has 2 aliphatic rings. The molecule has 3 aromatic rings. The van der Waals surface area contributed by atoms with Crippen molar-refractivity contribution in [2.75, 3.05) is 25.0 Å². The summed E-state index contributed by atoms with van der Waals surface area (Å²) in [6.07, 6.45) is 7.79. The molecule has 0 aromatic carbocycles. The number of rotatable bonds is 7. The van der Waals surface area contributed by atoms with Crippen LogP contribution in [0.25, 0.3) is 16.8 Å². The van der Waals surface area contributed by atoms with Gasteiger partial charge in [-0.15, -0.1) is 5.10 Å². The van der Waals surface area contributed by atoms with Crippen LogP contribution in [-0.2, 0) is 10.7 Å². The van der Waals surface area contributed by atoms with Gasteiger partial charge in [-0.3, -0.25) is 10.00 Å². The lowest BCUT2D eigenvalue weighted by atomic mass is 9.94. The van der Waals surface area contributed by atoms with Crippen LogP contribution < -0.4 is 10.1 Å². The van der Waals surface area contributed by atoms with E-state index in [-0.39, 0.29) is 12.0 Å². The van der Waals surface area contributed by atoms with Gasteiger partial charge in [0.15, 0.2) is 22.1 Å². The van der Waals surface area contributed by atoms with Gasteiger partial charge in [0, 0.05) is 42.7 Å². The lowest BCUT2D eigenvalue weighted by molar-refractivity contribution is 0.146. The number of ether oxygens (including phenoxy) is 1. The van der Waals surface area contributed by atoms with Crippen LogP contribution in [0.3, 0.4) is 0 Å². The molecule has 10 nitrogen and oxygen atoms in total. The molecule has 1 aliphatic carbocycles. The molecule has 1 aliphatic heterocycles. The van der Waals surface area contributed by atoms with E-state index in [1.165, 1.54) is 0 Å². The van der Waals surface area contributed by atoms with E-state index < -0.39 is 15.6 Å². The lowest BCUT2D eigenvalue weighted by Crippen LogP contribution is -2.51. The predicted molar refractivity (Wildman–Crippen MR) is 117 cm³/mol. The number of nitrogens with one attached hydrogen (secondary N) is 2. The Hall–Kier alpha value is -2.66. The van der Waals surface area contributed by atoms with Gasteiger partial charge >= 0.3 is 0 Å². The second-order valence-electron chi connectivity index (χ2n) is 8.38. The summed E-state index contributed by atoms with van der Waals surface area (Å²) < 4.78 is 31.0. The summed E-state index contributed by atoms with van der Waals surface area (Å²) >= 11 is 0. The first-order valence-electron chi connectivity index (χ1n) is 10.7. The van der Waals surface area contributed by atoms with Crippen molar-refractivity contribution in [1.82, 2.24) is 29.7 Å². The third-order valence-corrected chi connectivity index (χ3v) is 7.81. The molecule has 0 radical (unpaired) electrons. The van der Waals surface area contributed by atoms with Crippen molar-refractivity contribution < 1.29 is 13.2 Å². The van der Waals surface area contributed by atoms with Gasteiger partial charge in [0.2, 0.25) is 5.95 Å². The molecule has 2 atom stereocenters.